The van der Waals surface area contributed by atoms with Gasteiger partial charge in [0.1, 0.15) is 5.76 Å². The van der Waals surface area contributed by atoms with Crippen LogP contribution in [0.3, 0.4) is 0 Å². The Morgan fingerprint density at radius 2 is 2.16 bits per heavy atom. The van der Waals surface area contributed by atoms with Crippen molar-refractivity contribution in [1.82, 2.24) is 0 Å². The molecule has 4 heteroatoms. The van der Waals surface area contributed by atoms with Gasteiger partial charge in [0.2, 0.25) is 0 Å². The lowest BCUT2D eigenvalue weighted by atomic mass is 10.1. The van der Waals surface area contributed by atoms with Crippen LogP contribution in [0, 0.1) is 6.92 Å². The van der Waals surface area contributed by atoms with Crippen LogP contribution >= 0.6 is 0 Å². The molecule has 2 rings (SSSR count). The van der Waals surface area contributed by atoms with Crippen molar-refractivity contribution in [2.45, 2.75) is 26.8 Å². The maximum atomic E-state index is 12.2. The fraction of sp³-hybridized carbons (Fsp3) is 0.267. The van der Waals surface area contributed by atoms with Crippen LogP contribution in [-0.4, -0.2) is 5.91 Å². The topological polar surface area (TPSA) is 68.3 Å². The normalized spacial score (nSPS) is 10.5. The largest absolute Gasteiger partial charge is 0.469 e. The molecule has 0 spiro atoms. The SMILES string of the molecule is CCc1occc1C(=O)Nc1cc(CN)ccc1C. The van der Waals surface area contributed by atoms with Gasteiger partial charge in [0.15, 0.2) is 0 Å². The Hall–Kier alpha value is -2.07. The number of carbonyl (C=O) groups is 1. The van der Waals surface area contributed by atoms with Crippen molar-refractivity contribution in [1.29, 1.82) is 0 Å². The first-order valence-corrected chi connectivity index (χ1v) is 6.33. The van der Waals surface area contributed by atoms with Gasteiger partial charge in [-0.2, -0.15) is 0 Å². The summed E-state index contributed by atoms with van der Waals surface area (Å²) in [5, 5.41) is 2.91. The first kappa shape index (κ1) is 13.4. The average molecular weight is 258 g/mol. The van der Waals surface area contributed by atoms with E-state index in [2.05, 4.69) is 5.32 Å². The van der Waals surface area contributed by atoms with Crippen molar-refractivity contribution < 1.29 is 9.21 Å². The van der Waals surface area contributed by atoms with Crippen LogP contribution in [0.25, 0.3) is 0 Å². The fourth-order valence-corrected chi connectivity index (χ4v) is 1.94. The summed E-state index contributed by atoms with van der Waals surface area (Å²) in [6.07, 6.45) is 2.23. The van der Waals surface area contributed by atoms with E-state index >= 15 is 0 Å². The molecule has 2 aromatic rings. The minimum Gasteiger partial charge on any atom is -0.469 e. The van der Waals surface area contributed by atoms with Gasteiger partial charge in [-0.15, -0.1) is 0 Å². The van der Waals surface area contributed by atoms with Gasteiger partial charge in [-0.1, -0.05) is 19.1 Å². The minimum atomic E-state index is -0.150. The number of amides is 1. The second kappa shape index (κ2) is 5.71. The minimum absolute atomic E-state index is 0.150. The molecular formula is C15H18N2O2. The number of aryl methyl sites for hydroxylation is 2. The first-order valence-electron chi connectivity index (χ1n) is 6.33. The number of hydrogen-bond acceptors (Lipinski definition) is 3. The number of rotatable bonds is 4. The van der Waals surface area contributed by atoms with Gasteiger partial charge in [0, 0.05) is 18.7 Å². The monoisotopic (exact) mass is 258 g/mol. The molecule has 0 saturated heterocycles. The molecule has 3 N–H and O–H groups in total. The van der Waals surface area contributed by atoms with Gasteiger partial charge in [-0.05, 0) is 30.2 Å². The van der Waals surface area contributed by atoms with E-state index in [9.17, 15) is 4.79 Å². The van der Waals surface area contributed by atoms with E-state index in [1.165, 1.54) is 6.26 Å². The molecule has 0 radical (unpaired) electrons. The van der Waals surface area contributed by atoms with E-state index in [0.29, 0.717) is 24.3 Å². The van der Waals surface area contributed by atoms with Crippen molar-refractivity contribution in [2.75, 3.05) is 5.32 Å². The molecule has 0 saturated carbocycles. The number of furan rings is 1. The van der Waals surface area contributed by atoms with Crippen LogP contribution in [-0.2, 0) is 13.0 Å². The van der Waals surface area contributed by atoms with Gasteiger partial charge >= 0.3 is 0 Å². The first-order chi connectivity index (χ1) is 9.15. The molecule has 0 unspecified atom stereocenters. The quantitative estimate of drug-likeness (QED) is 0.886. The fourth-order valence-electron chi connectivity index (χ4n) is 1.94. The summed E-state index contributed by atoms with van der Waals surface area (Å²) in [6, 6.07) is 7.50. The molecule has 1 amide bonds. The smallest absolute Gasteiger partial charge is 0.259 e. The van der Waals surface area contributed by atoms with Crippen LogP contribution in [0.1, 0.15) is 34.2 Å². The number of nitrogens with one attached hydrogen (secondary N) is 1. The molecule has 4 nitrogen and oxygen atoms in total. The molecule has 100 valence electrons. The predicted molar refractivity (Wildman–Crippen MR) is 75.1 cm³/mol. The maximum absolute atomic E-state index is 12.2. The van der Waals surface area contributed by atoms with Crippen molar-refractivity contribution in [3.05, 3.63) is 53.0 Å². The van der Waals surface area contributed by atoms with Crippen molar-refractivity contribution in [3.8, 4) is 0 Å². The van der Waals surface area contributed by atoms with Crippen molar-refractivity contribution >= 4 is 11.6 Å². The maximum Gasteiger partial charge on any atom is 0.259 e. The Kier molecular flexibility index (Phi) is 4.02. The van der Waals surface area contributed by atoms with Crippen molar-refractivity contribution in [2.24, 2.45) is 5.73 Å². The summed E-state index contributed by atoms with van der Waals surface area (Å²) < 4.78 is 5.27. The van der Waals surface area contributed by atoms with E-state index in [1.807, 2.05) is 32.0 Å². The standard InChI is InChI=1S/C15H18N2O2/c1-3-14-12(6-7-19-14)15(18)17-13-8-11(9-16)5-4-10(13)2/h4-8H,3,9,16H2,1-2H3,(H,17,18). The molecule has 0 aliphatic carbocycles. The molecule has 0 aliphatic rings. The third-order valence-electron chi connectivity index (χ3n) is 3.10. The zero-order chi connectivity index (χ0) is 13.8. The van der Waals surface area contributed by atoms with Gasteiger partial charge in [-0.25, -0.2) is 0 Å². The average Bonchev–Trinajstić information content (AvgIpc) is 2.89. The highest BCUT2D eigenvalue weighted by molar-refractivity contribution is 6.05. The Bertz CT molecular complexity index is 588. The van der Waals surface area contributed by atoms with Crippen molar-refractivity contribution in [3.63, 3.8) is 0 Å². The van der Waals surface area contributed by atoms with Gasteiger partial charge in [0.05, 0.1) is 11.8 Å². The van der Waals surface area contributed by atoms with Crippen LogP contribution < -0.4 is 11.1 Å². The van der Waals surface area contributed by atoms with Crippen LogP contribution in [0.5, 0.6) is 0 Å². The van der Waals surface area contributed by atoms with Crippen LogP contribution in [0.2, 0.25) is 0 Å². The zero-order valence-electron chi connectivity index (χ0n) is 11.2. The third kappa shape index (κ3) is 2.85. The summed E-state index contributed by atoms with van der Waals surface area (Å²) in [4.78, 5) is 12.2. The van der Waals surface area contributed by atoms with E-state index in [4.69, 9.17) is 10.2 Å². The second-order valence-electron chi connectivity index (χ2n) is 4.42. The summed E-state index contributed by atoms with van der Waals surface area (Å²) in [5.41, 5.74) is 8.98. The molecule has 0 atom stereocenters. The van der Waals surface area contributed by atoms with Crippen LogP contribution in [0.15, 0.2) is 34.9 Å². The van der Waals surface area contributed by atoms with E-state index in [-0.39, 0.29) is 5.91 Å². The van der Waals surface area contributed by atoms with Gasteiger partial charge < -0.3 is 15.5 Å². The second-order valence-corrected chi connectivity index (χ2v) is 4.42. The Morgan fingerprint density at radius 1 is 1.37 bits per heavy atom. The number of hydrogen-bond donors (Lipinski definition) is 2. The number of nitrogens with two attached hydrogens (primary N) is 1. The molecule has 19 heavy (non-hydrogen) atoms. The van der Waals surface area contributed by atoms with E-state index in [1.54, 1.807) is 6.07 Å². The molecule has 1 aromatic heterocycles. The van der Waals surface area contributed by atoms with Crippen LogP contribution in [0.4, 0.5) is 5.69 Å². The lowest BCUT2D eigenvalue weighted by molar-refractivity contribution is 0.102. The lowest BCUT2D eigenvalue weighted by Crippen LogP contribution is -2.14. The molecule has 0 bridgehead atoms. The third-order valence-corrected chi connectivity index (χ3v) is 3.10. The number of anilines is 1. The lowest BCUT2D eigenvalue weighted by Gasteiger charge is -2.10. The number of carbonyl (C=O) groups excluding carboxylic acids is 1. The summed E-state index contributed by atoms with van der Waals surface area (Å²) in [6.45, 7) is 4.36. The van der Waals surface area contributed by atoms with E-state index < -0.39 is 0 Å². The Morgan fingerprint density at radius 3 is 2.84 bits per heavy atom. The molecule has 1 aromatic carbocycles. The molecule has 0 fully saturated rings. The molecule has 1 heterocycles. The zero-order valence-corrected chi connectivity index (χ0v) is 11.2. The summed E-state index contributed by atoms with van der Waals surface area (Å²) >= 11 is 0. The summed E-state index contributed by atoms with van der Waals surface area (Å²) in [7, 11) is 0. The van der Waals surface area contributed by atoms with E-state index in [0.717, 1.165) is 16.8 Å². The highest BCUT2D eigenvalue weighted by Crippen LogP contribution is 2.19. The van der Waals surface area contributed by atoms with Gasteiger partial charge in [-0.3, -0.25) is 4.79 Å². The highest BCUT2D eigenvalue weighted by atomic mass is 16.3. The number of benzene rings is 1. The highest BCUT2D eigenvalue weighted by Gasteiger charge is 2.14. The predicted octanol–water partition coefficient (Wildman–Crippen LogP) is 2.86. The Labute approximate surface area is 112 Å². The summed E-state index contributed by atoms with van der Waals surface area (Å²) in [5.74, 6) is 0.549. The Balaban J connectivity index is 2.24. The molecular weight excluding hydrogens is 240 g/mol. The van der Waals surface area contributed by atoms with Gasteiger partial charge in [0.25, 0.3) is 5.91 Å². The molecule has 0 aliphatic heterocycles.